The third-order valence-electron chi connectivity index (χ3n) is 1.20. The van der Waals surface area contributed by atoms with Crippen molar-refractivity contribution in [1.29, 1.82) is 0 Å². The highest BCUT2D eigenvalue weighted by Gasteiger charge is 2.10. The summed E-state index contributed by atoms with van der Waals surface area (Å²) in [5.74, 6) is 0.289. The molecular weight excluding hydrogens is 210 g/mol. The maximum absolute atomic E-state index is 10.3. The smallest absolute Gasteiger partial charge is 0.321 e. The van der Waals surface area contributed by atoms with Crippen molar-refractivity contribution in [1.82, 2.24) is 0 Å². The van der Waals surface area contributed by atoms with E-state index in [2.05, 4.69) is 0 Å². The van der Waals surface area contributed by atoms with Gasteiger partial charge in [-0.15, -0.1) is 0 Å². The van der Waals surface area contributed by atoms with Crippen molar-refractivity contribution in [3.05, 3.63) is 0 Å². The molecule has 0 spiro atoms. The summed E-state index contributed by atoms with van der Waals surface area (Å²) in [6, 6.07) is -0.788. The Bertz CT molecular complexity index is 166. The third-order valence-corrected chi connectivity index (χ3v) is 3.72. The highest BCUT2D eigenvalue weighted by atomic mass is 33.1. The molecule has 0 bridgehead atoms. The van der Waals surface area contributed by atoms with Gasteiger partial charge < -0.3 is 15.6 Å². The largest absolute Gasteiger partial charge is 0.480 e. The summed E-state index contributed by atoms with van der Waals surface area (Å²) < 4.78 is 0. The highest BCUT2D eigenvalue weighted by Crippen LogP contribution is 2.22. The molecule has 0 aromatic heterocycles. The fourth-order valence-corrected chi connectivity index (χ4v) is 2.70. The number of rotatable bonds is 8. The van der Waals surface area contributed by atoms with E-state index in [1.807, 2.05) is 0 Å². The zero-order valence-corrected chi connectivity index (χ0v) is 8.77. The Morgan fingerprint density at radius 1 is 1.54 bits per heavy atom. The maximum Gasteiger partial charge on any atom is 0.321 e. The zero-order chi connectivity index (χ0) is 10.1. The van der Waals surface area contributed by atoms with Crippen LogP contribution in [-0.2, 0) is 9.59 Å². The summed E-state index contributed by atoms with van der Waals surface area (Å²) in [4.78, 5) is 20.2. The number of carboxylic acid groups (broad SMARTS) is 1. The first-order valence-corrected chi connectivity index (χ1v) is 6.33. The molecule has 13 heavy (non-hydrogen) atoms. The average Bonchev–Trinajstić information content (AvgIpc) is 2.10. The molecule has 0 unspecified atom stereocenters. The first-order valence-electron chi connectivity index (χ1n) is 3.85. The molecule has 0 aliphatic carbocycles. The van der Waals surface area contributed by atoms with Crippen LogP contribution in [-0.4, -0.2) is 34.9 Å². The van der Waals surface area contributed by atoms with Crippen molar-refractivity contribution >= 4 is 33.8 Å². The summed E-state index contributed by atoms with van der Waals surface area (Å²) in [5, 5.41) is 8.43. The molecule has 0 aromatic carbocycles. The number of carbonyl (C=O) groups is 2. The van der Waals surface area contributed by atoms with Crippen molar-refractivity contribution in [3.8, 4) is 0 Å². The molecule has 76 valence electrons. The van der Waals surface area contributed by atoms with Gasteiger partial charge in [0.2, 0.25) is 0 Å². The monoisotopic (exact) mass is 223 g/mol. The highest BCUT2D eigenvalue weighted by molar-refractivity contribution is 8.76. The lowest BCUT2D eigenvalue weighted by atomic mass is 10.4. The number of hydrogen-bond acceptors (Lipinski definition) is 5. The normalized spacial score (nSPS) is 12.4. The van der Waals surface area contributed by atoms with Crippen LogP contribution in [0, 0.1) is 0 Å². The molecule has 3 N–H and O–H groups in total. The van der Waals surface area contributed by atoms with Gasteiger partial charge in [0.15, 0.2) is 0 Å². The van der Waals surface area contributed by atoms with Crippen molar-refractivity contribution < 1.29 is 14.7 Å². The molecule has 0 fully saturated rings. The minimum atomic E-state index is -0.971. The van der Waals surface area contributed by atoms with E-state index in [0.29, 0.717) is 12.2 Å². The Kier molecular flexibility index (Phi) is 8.27. The van der Waals surface area contributed by atoms with Gasteiger partial charge in [0.05, 0.1) is 0 Å². The molecule has 0 saturated carbocycles. The third kappa shape index (κ3) is 8.14. The lowest BCUT2D eigenvalue weighted by Crippen LogP contribution is -2.32. The second kappa shape index (κ2) is 8.40. The summed E-state index contributed by atoms with van der Waals surface area (Å²) in [7, 11) is 2.99. The van der Waals surface area contributed by atoms with Crippen molar-refractivity contribution in [3.63, 3.8) is 0 Å². The van der Waals surface area contributed by atoms with Crippen LogP contribution >= 0.6 is 21.6 Å². The second-order valence-corrected chi connectivity index (χ2v) is 4.99. The fraction of sp³-hybridized carbons (Fsp3) is 0.714. The SMILES string of the molecule is N[C@H](CSSCCCC=O)C(=O)O. The van der Waals surface area contributed by atoms with Gasteiger partial charge in [0.1, 0.15) is 12.3 Å². The Morgan fingerprint density at radius 2 is 2.23 bits per heavy atom. The Hall–Kier alpha value is -0.200. The number of unbranched alkanes of at least 4 members (excludes halogenated alkanes) is 1. The molecule has 1 atom stereocenters. The molecule has 0 aliphatic rings. The first kappa shape index (κ1) is 12.8. The second-order valence-electron chi connectivity index (χ2n) is 2.36. The predicted octanol–water partition coefficient (Wildman–Crippen LogP) is 0.759. The summed E-state index contributed by atoms with van der Waals surface area (Å²) in [5.41, 5.74) is 5.27. The Morgan fingerprint density at radius 3 is 2.77 bits per heavy atom. The molecule has 0 aromatic rings. The van der Waals surface area contributed by atoms with Gasteiger partial charge in [-0.2, -0.15) is 0 Å². The molecule has 4 nitrogen and oxygen atoms in total. The summed E-state index contributed by atoms with van der Waals surface area (Å²) in [6.07, 6.45) is 2.29. The predicted molar refractivity (Wildman–Crippen MR) is 55.8 cm³/mol. The van der Waals surface area contributed by atoms with Crippen LogP contribution in [0.1, 0.15) is 12.8 Å². The van der Waals surface area contributed by atoms with Gasteiger partial charge in [-0.25, -0.2) is 0 Å². The zero-order valence-electron chi connectivity index (χ0n) is 7.14. The van der Waals surface area contributed by atoms with E-state index in [1.54, 1.807) is 10.8 Å². The van der Waals surface area contributed by atoms with E-state index in [0.717, 1.165) is 18.5 Å². The molecule has 0 rings (SSSR count). The fourth-order valence-electron chi connectivity index (χ4n) is 0.477. The summed E-state index contributed by atoms with van der Waals surface area (Å²) >= 11 is 0. The van der Waals surface area contributed by atoms with Crippen LogP contribution in [0.3, 0.4) is 0 Å². The molecular formula is C7H13NO3S2. The molecule has 0 radical (unpaired) electrons. The average molecular weight is 223 g/mol. The molecule has 0 aliphatic heterocycles. The van der Waals surface area contributed by atoms with Gasteiger partial charge in [-0.3, -0.25) is 4.79 Å². The molecule has 6 heteroatoms. The molecule has 0 amide bonds. The van der Waals surface area contributed by atoms with Crippen LogP contribution in [0.15, 0.2) is 0 Å². The standard InChI is InChI=1S/C7H13NO3S2/c8-6(7(10)11)5-13-12-4-2-1-3-9/h3,6H,1-2,4-5,8H2,(H,10,11)/t6-/m1/s1. The van der Waals surface area contributed by atoms with E-state index in [1.165, 1.54) is 10.8 Å². The van der Waals surface area contributed by atoms with E-state index < -0.39 is 12.0 Å². The van der Waals surface area contributed by atoms with Gasteiger partial charge in [0, 0.05) is 17.9 Å². The van der Waals surface area contributed by atoms with Crippen molar-refractivity contribution in [2.24, 2.45) is 5.73 Å². The number of nitrogens with two attached hydrogens (primary N) is 1. The summed E-state index contributed by atoms with van der Waals surface area (Å²) in [6.45, 7) is 0. The number of hydrogen-bond donors (Lipinski definition) is 2. The quantitative estimate of drug-likeness (QED) is 0.359. The first-order chi connectivity index (χ1) is 6.18. The Balaban J connectivity index is 3.15. The lowest BCUT2D eigenvalue weighted by molar-refractivity contribution is -0.137. The van der Waals surface area contributed by atoms with Crippen LogP contribution in [0.25, 0.3) is 0 Å². The minimum absolute atomic E-state index is 0.404. The number of carboxylic acids is 1. The topological polar surface area (TPSA) is 80.4 Å². The Labute approximate surface area is 85.0 Å². The molecule has 0 saturated heterocycles. The van der Waals surface area contributed by atoms with Crippen LogP contribution in [0.4, 0.5) is 0 Å². The van der Waals surface area contributed by atoms with E-state index in [9.17, 15) is 9.59 Å². The van der Waals surface area contributed by atoms with E-state index >= 15 is 0 Å². The number of carbonyl (C=O) groups excluding carboxylic acids is 1. The molecule has 0 heterocycles. The van der Waals surface area contributed by atoms with Gasteiger partial charge in [-0.05, 0) is 6.42 Å². The van der Waals surface area contributed by atoms with Crippen LogP contribution in [0.2, 0.25) is 0 Å². The van der Waals surface area contributed by atoms with E-state index in [4.69, 9.17) is 10.8 Å². The lowest BCUT2D eigenvalue weighted by Gasteiger charge is -2.04. The van der Waals surface area contributed by atoms with Crippen LogP contribution in [0.5, 0.6) is 0 Å². The van der Waals surface area contributed by atoms with Gasteiger partial charge in [0.25, 0.3) is 0 Å². The number of aliphatic carboxylic acids is 1. The maximum atomic E-state index is 10.3. The van der Waals surface area contributed by atoms with Crippen molar-refractivity contribution in [2.45, 2.75) is 18.9 Å². The van der Waals surface area contributed by atoms with Crippen LogP contribution < -0.4 is 5.73 Å². The van der Waals surface area contributed by atoms with Gasteiger partial charge >= 0.3 is 5.97 Å². The van der Waals surface area contributed by atoms with Crippen molar-refractivity contribution in [2.75, 3.05) is 11.5 Å². The minimum Gasteiger partial charge on any atom is -0.480 e. The number of aldehydes is 1. The van der Waals surface area contributed by atoms with Gasteiger partial charge in [-0.1, -0.05) is 21.6 Å². The van der Waals surface area contributed by atoms with E-state index in [-0.39, 0.29) is 0 Å².